The second kappa shape index (κ2) is 5.12. The molecule has 2 saturated heterocycles. The maximum Gasteiger partial charge on any atom is 0.223 e. The Balaban J connectivity index is 1.66. The van der Waals surface area contributed by atoms with Crippen LogP contribution in [0.3, 0.4) is 0 Å². The van der Waals surface area contributed by atoms with Crippen molar-refractivity contribution in [3.63, 3.8) is 0 Å². The topological polar surface area (TPSA) is 23.6 Å². The first-order valence-corrected chi connectivity index (χ1v) is 7.61. The van der Waals surface area contributed by atoms with E-state index in [1.54, 1.807) is 0 Å². The van der Waals surface area contributed by atoms with Gasteiger partial charge in [0, 0.05) is 19.5 Å². The van der Waals surface area contributed by atoms with Gasteiger partial charge >= 0.3 is 0 Å². The Morgan fingerprint density at radius 1 is 1.16 bits per heavy atom. The van der Waals surface area contributed by atoms with Gasteiger partial charge in [0.05, 0.1) is 5.54 Å². The monoisotopic (exact) mass is 260 g/mol. The second-order valence-corrected chi connectivity index (χ2v) is 6.26. The van der Waals surface area contributed by atoms with E-state index in [4.69, 9.17) is 0 Å². The van der Waals surface area contributed by atoms with E-state index in [2.05, 4.69) is 30.1 Å². The van der Waals surface area contributed by atoms with Gasteiger partial charge in [-0.15, -0.1) is 0 Å². The zero-order valence-corrected chi connectivity index (χ0v) is 11.9. The summed E-state index contributed by atoms with van der Waals surface area (Å²) in [5, 5.41) is 0. The first-order chi connectivity index (χ1) is 9.17. The van der Waals surface area contributed by atoms with Crippen LogP contribution in [0, 0.1) is 0 Å². The molecule has 3 rings (SSSR count). The zero-order valence-electron chi connectivity index (χ0n) is 11.9. The molecule has 0 aromatic rings. The average Bonchev–Trinajstić information content (AvgIpc) is 2.98. The van der Waals surface area contributed by atoms with Crippen molar-refractivity contribution < 1.29 is 4.79 Å². The van der Waals surface area contributed by atoms with Gasteiger partial charge in [0.1, 0.15) is 0 Å². The fraction of sp³-hybridized carbons (Fsp3) is 0.688. The van der Waals surface area contributed by atoms with Crippen LogP contribution in [0.1, 0.15) is 39.0 Å². The summed E-state index contributed by atoms with van der Waals surface area (Å²) >= 11 is 0. The normalized spacial score (nSPS) is 32.2. The van der Waals surface area contributed by atoms with Gasteiger partial charge in [-0.1, -0.05) is 24.6 Å². The van der Waals surface area contributed by atoms with Crippen LogP contribution in [0.2, 0.25) is 0 Å². The number of nitrogens with zero attached hydrogens (tertiary/aromatic N) is 2. The van der Waals surface area contributed by atoms with E-state index in [9.17, 15) is 4.79 Å². The average molecular weight is 260 g/mol. The van der Waals surface area contributed by atoms with Crippen LogP contribution in [0.25, 0.3) is 0 Å². The lowest BCUT2D eigenvalue weighted by atomic mass is 10.0. The molecule has 19 heavy (non-hydrogen) atoms. The Morgan fingerprint density at radius 2 is 1.95 bits per heavy atom. The highest BCUT2D eigenvalue weighted by Gasteiger charge is 2.36. The Hall–Kier alpha value is -1.09. The number of rotatable bonds is 3. The van der Waals surface area contributed by atoms with Gasteiger partial charge in [0.2, 0.25) is 5.91 Å². The van der Waals surface area contributed by atoms with E-state index < -0.39 is 0 Å². The minimum Gasteiger partial charge on any atom is -0.330 e. The van der Waals surface area contributed by atoms with E-state index in [0.717, 1.165) is 25.9 Å². The Bertz CT molecular complexity index is 420. The first kappa shape index (κ1) is 12.9. The molecule has 0 saturated carbocycles. The summed E-state index contributed by atoms with van der Waals surface area (Å²) in [4.78, 5) is 16.5. The summed E-state index contributed by atoms with van der Waals surface area (Å²) in [6.45, 7) is 6.58. The van der Waals surface area contributed by atoms with Gasteiger partial charge in [0.25, 0.3) is 0 Å². The molecule has 2 fully saturated rings. The third-order valence-corrected chi connectivity index (χ3v) is 4.62. The molecule has 0 aromatic carbocycles. The molecule has 3 nitrogen and oxygen atoms in total. The van der Waals surface area contributed by atoms with Crippen molar-refractivity contribution in [1.82, 2.24) is 9.80 Å². The number of hydrogen-bond donors (Lipinski definition) is 0. The molecule has 0 radical (unpaired) electrons. The summed E-state index contributed by atoms with van der Waals surface area (Å²) in [7, 11) is 0. The van der Waals surface area contributed by atoms with Crippen LogP contribution < -0.4 is 0 Å². The smallest absolute Gasteiger partial charge is 0.223 e. The van der Waals surface area contributed by atoms with Crippen molar-refractivity contribution in [1.29, 1.82) is 0 Å². The number of amides is 1. The third-order valence-electron chi connectivity index (χ3n) is 4.62. The van der Waals surface area contributed by atoms with Gasteiger partial charge in [-0.2, -0.15) is 0 Å². The maximum atomic E-state index is 11.9. The van der Waals surface area contributed by atoms with Crippen molar-refractivity contribution in [2.24, 2.45) is 0 Å². The zero-order chi connectivity index (χ0) is 13.3. The largest absolute Gasteiger partial charge is 0.330 e. The molecule has 104 valence electrons. The van der Waals surface area contributed by atoms with E-state index in [0.29, 0.717) is 5.91 Å². The second-order valence-electron chi connectivity index (χ2n) is 6.26. The summed E-state index contributed by atoms with van der Waals surface area (Å²) < 4.78 is 0. The predicted molar refractivity (Wildman–Crippen MR) is 76.9 cm³/mol. The molecule has 0 bridgehead atoms. The van der Waals surface area contributed by atoms with Gasteiger partial charge in [0.15, 0.2) is 0 Å². The molecule has 3 heteroatoms. The fourth-order valence-electron chi connectivity index (χ4n) is 3.55. The van der Waals surface area contributed by atoms with Gasteiger partial charge in [-0.05, 0) is 44.8 Å². The lowest BCUT2D eigenvalue weighted by Gasteiger charge is -2.32. The number of carbonyl (C=O) groups is 1. The SMILES string of the molecule is CC1(N2CCCC2=O)C=CC(CN2CCCCC2)=C1. The molecule has 1 aliphatic carbocycles. The van der Waals surface area contributed by atoms with E-state index in [1.165, 1.54) is 37.9 Å². The standard InChI is InChI=1S/C16H24N2O/c1-16(18-11-5-6-15(18)19)8-7-14(12-16)13-17-9-3-2-4-10-17/h7-8,12H,2-6,9-11,13H2,1H3. The van der Waals surface area contributed by atoms with E-state index in [1.807, 2.05) is 4.90 Å². The molecular formula is C16H24N2O. The number of piperidine rings is 1. The van der Waals surface area contributed by atoms with Crippen molar-refractivity contribution in [3.8, 4) is 0 Å². The van der Waals surface area contributed by atoms with Gasteiger partial charge in [-0.25, -0.2) is 0 Å². The highest BCUT2D eigenvalue weighted by atomic mass is 16.2. The summed E-state index contributed by atoms with van der Waals surface area (Å²) in [5.74, 6) is 0.308. The molecule has 0 spiro atoms. The maximum absolute atomic E-state index is 11.9. The number of carbonyl (C=O) groups excluding carboxylic acids is 1. The van der Waals surface area contributed by atoms with Crippen molar-refractivity contribution in [2.45, 2.75) is 44.6 Å². The Morgan fingerprint density at radius 3 is 2.63 bits per heavy atom. The van der Waals surface area contributed by atoms with Gasteiger partial charge < -0.3 is 4.90 Å². The van der Waals surface area contributed by atoms with Crippen molar-refractivity contribution >= 4 is 5.91 Å². The minimum absolute atomic E-state index is 0.168. The molecule has 1 atom stereocenters. The predicted octanol–water partition coefficient (Wildman–Crippen LogP) is 2.35. The van der Waals surface area contributed by atoms with E-state index >= 15 is 0 Å². The van der Waals surface area contributed by atoms with Crippen molar-refractivity contribution in [3.05, 3.63) is 23.8 Å². The van der Waals surface area contributed by atoms with Crippen LogP contribution in [-0.2, 0) is 4.79 Å². The summed E-state index contributed by atoms with van der Waals surface area (Å²) in [6.07, 6.45) is 12.5. The third kappa shape index (κ3) is 2.62. The number of likely N-dealkylation sites (tertiary alicyclic amines) is 2. The van der Waals surface area contributed by atoms with Crippen LogP contribution in [0.4, 0.5) is 0 Å². The fourth-order valence-corrected chi connectivity index (χ4v) is 3.55. The Labute approximate surface area is 115 Å². The molecule has 3 aliphatic rings. The van der Waals surface area contributed by atoms with E-state index in [-0.39, 0.29) is 5.54 Å². The summed E-state index contributed by atoms with van der Waals surface area (Å²) in [5.41, 5.74) is 1.21. The first-order valence-electron chi connectivity index (χ1n) is 7.61. The van der Waals surface area contributed by atoms with Gasteiger partial charge in [-0.3, -0.25) is 9.69 Å². The quantitative estimate of drug-likeness (QED) is 0.777. The molecule has 1 unspecified atom stereocenters. The van der Waals surface area contributed by atoms with Crippen LogP contribution in [0.15, 0.2) is 23.8 Å². The molecule has 2 heterocycles. The minimum atomic E-state index is -0.168. The van der Waals surface area contributed by atoms with Crippen molar-refractivity contribution in [2.75, 3.05) is 26.2 Å². The van der Waals surface area contributed by atoms with Crippen LogP contribution >= 0.6 is 0 Å². The highest BCUT2D eigenvalue weighted by Crippen LogP contribution is 2.31. The molecule has 1 amide bonds. The molecule has 0 N–H and O–H groups in total. The molecule has 2 aliphatic heterocycles. The molecular weight excluding hydrogens is 236 g/mol. The van der Waals surface area contributed by atoms with Crippen LogP contribution in [-0.4, -0.2) is 47.4 Å². The molecule has 0 aromatic heterocycles. The number of hydrogen-bond acceptors (Lipinski definition) is 2. The highest BCUT2D eigenvalue weighted by molar-refractivity contribution is 5.80. The lowest BCUT2D eigenvalue weighted by Crippen LogP contribution is -2.43. The Kier molecular flexibility index (Phi) is 3.48. The van der Waals surface area contributed by atoms with Crippen LogP contribution in [0.5, 0.6) is 0 Å². The lowest BCUT2D eigenvalue weighted by molar-refractivity contribution is -0.130. The summed E-state index contributed by atoms with van der Waals surface area (Å²) in [6, 6.07) is 0.